The van der Waals surface area contributed by atoms with Crippen molar-refractivity contribution in [2.24, 2.45) is 0 Å². The zero-order chi connectivity index (χ0) is 11.7. The molecule has 0 aromatic rings. The minimum atomic E-state index is -0.925. The van der Waals surface area contributed by atoms with Gasteiger partial charge in [-0.2, -0.15) is 0 Å². The van der Waals surface area contributed by atoms with Gasteiger partial charge in [-0.15, -0.1) is 0 Å². The first-order chi connectivity index (χ1) is 7.15. The molecule has 0 aromatic heterocycles. The van der Waals surface area contributed by atoms with Crippen molar-refractivity contribution in [2.45, 2.75) is 33.6 Å². The summed E-state index contributed by atoms with van der Waals surface area (Å²) in [6.07, 6.45) is 0. The Labute approximate surface area is 94.5 Å². The molecule has 0 spiro atoms. The van der Waals surface area contributed by atoms with Crippen LogP contribution >= 0.6 is 0 Å². The summed E-state index contributed by atoms with van der Waals surface area (Å²) >= 11 is 0. The normalized spacial score (nSPS) is 11.1. The number of hydrogen-bond acceptors (Lipinski definition) is 4. The molecular formula is C10H22O4Si. The zero-order valence-corrected chi connectivity index (χ0v) is 11.7. The average molecular weight is 234 g/mol. The third-order valence-corrected chi connectivity index (χ3v) is 2.82. The van der Waals surface area contributed by atoms with Gasteiger partial charge in [-0.1, -0.05) is 0 Å². The van der Waals surface area contributed by atoms with Gasteiger partial charge in [0.2, 0.25) is 0 Å². The molecular weight excluding hydrogens is 212 g/mol. The largest absolute Gasteiger partial charge is 0.519 e. The molecule has 0 aromatic carbocycles. The molecule has 0 fully saturated rings. The van der Waals surface area contributed by atoms with Crippen molar-refractivity contribution in [2.75, 3.05) is 20.3 Å². The lowest BCUT2D eigenvalue weighted by atomic mass is 10.4. The fourth-order valence-electron chi connectivity index (χ4n) is 1.07. The second kappa shape index (κ2) is 8.76. The molecule has 4 nitrogen and oxygen atoms in total. The van der Waals surface area contributed by atoms with Crippen molar-refractivity contribution in [3.63, 3.8) is 0 Å². The van der Waals surface area contributed by atoms with Crippen LogP contribution in [0.1, 0.15) is 27.7 Å². The summed E-state index contributed by atoms with van der Waals surface area (Å²) in [6, 6.07) is 0. The average Bonchev–Trinajstić information content (AvgIpc) is 2.18. The van der Waals surface area contributed by atoms with Gasteiger partial charge in [0.15, 0.2) is 5.91 Å². The fraction of sp³-hybridized carbons (Fsp3) is 0.800. The van der Waals surface area contributed by atoms with Gasteiger partial charge in [0.05, 0.1) is 7.11 Å². The molecule has 0 saturated carbocycles. The Morgan fingerprint density at radius 3 is 2.00 bits per heavy atom. The minimum Gasteiger partial charge on any atom is -0.519 e. The van der Waals surface area contributed by atoms with Gasteiger partial charge in [-0.3, -0.25) is 0 Å². The highest BCUT2D eigenvalue weighted by Gasteiger charge is 2.12. The molecule has 5 heteroatoms. The minimum absolute atomic E-state index is 0.190. The zero-order valence-electron chi connectivity index (χ0n) is 10.3. The van der Waals surface area contributed by atoms with Crippen LogP contribution in [0.3, 0.4) is 0 Å². The predicted octanol–water partition coefficient (Wildman–Crippen LogP) is 1.34. The number of hydrogen-bond donors (Lipinski definition) is 0. The molecule has 0 unspecified atom stereocenters. The van der Waals surface area contributed by atoms with E-state index in [4.69, 9.17) is 18.6 Å². The Bertz CT molecular complexity index is 184. The van der Waals surface area contributed by atoms with Crippen LogP contribution in [-0.2, 0) is 18.6 Å². The topological polar surface area (TPSA) is 36.9 Å². The highest BCUT2D eigenvalue weighted by Crippen LogP contribution is 2.06. The molecule has 90 valence electrons. The Hall–Kier alpha value is -0.523. The van der Waals surface area contributed by atoms with Gasteiger partial charge in [0, 0.05) is 18.8 Å². The lowest BCUT2D eigenvalue weighted by Gasteiger charge is -2.18. The second-order valence-electron chi connectivity index (χ2n) is 3.14. The summed E-state index contributed by atoms with van der Waals surface area (Å²) in [5.74, 6) is 0.399. The third-order valence-electron chi connectivity index (χ3n) is 1.65. The van der Waals surface area contributed by atoms with Crippen molar-refractivity contribution < 1.29 is 18.6 Å². The Balaban J connectivity index is 4.02. The maximum Gasteiger partial charge on any atom is 0.282 e. The second-order valence-corrected chi connectivity index (χ2v) is 4.43. The van der Waals surface area contributed by atoms with Gasteiger partial charge < -0.3 is 18.6 Å². The van der Waals surface area contributed by atoms with Crippen molar-refractivity contribution in [1.82, 2.24) is 0 Å². The lowest BCUT2D eigenvalue weighted by Crippen LogP contribution is -2.27. The van der Waals surface area contributed by atoms with Gasteiger partial charge in [0.1, 0.15) is 0 Å². The van der Waals surface area contributed by atoms with Crippen LogP contribution in [0.2, 0.25) is 0 Å². The first-order valence-electron chi connectivity index (χ1n) is 5.23. The summed E-state index contributed by atoms with van der Waals surface area (Å²) in [5.41, 5.74) is 1.02. The maximum absolute atomic E-state index is 5.57. The monoisotopic (exact) mass is 234 g/mol. The van der Waals surface area contributed by atoms with Crippen molar-refractivity contribution in [1.29, 1.82) is 0 Å². The molecule has 0 aliphatic rings. The summed E-state index contributed by atoms with van der Waals surface area (Å²) in [7, 11) is 0.679. The number of rotatable bonds is 8. The Morgan fingerprint density at radius 2 is 1.67 bits per heavy atom. The number of methoxy groups -OCH3 is 1. The van der Waals surface area contributed by atoms with Crippen LogP contribution in [0, 0.1) is 0 Å². The Morgan fingerprint density at radius 1 is 1.13 bits per heavy atom. The van der Waals surface area contributed by atoms with E-state index in [1.165, 1.54) is 0 Å². The summed E-state index contributed by atoms with van der Waals surface area (Å²) in [6.45, 7) is 9.06. The van der Waals surface area contributed by atoms with Crippen LogP contribution in [0.5, 0.6) is 0 Å². The van der Waals surface area contributed by atoms with Gasteiger partial charge in [0.25, 0.3) is 15.7 Å². The number of allylic oxidation sites excluding steroid dienone is 1. The molecule has 0 radical (unpaired) electrons. The molecule has 0 rings (SSSR count). The first kappa shape index (κ1) is 14.5. The van der Waals surface area contributed by atoms with Crippen molar-refractivity contribution in [3.05, 3.63) is 11.5 Å². The molecule has 0 amide bonds. The fourth-order valence-corrected chi connectivity index (χ4v) is 2.43. The van der Waals surface area contributed by atoms with Crippen LogP contribution < -0.4 is 0 Å². The van der Waals surface area contributed by atoms with Crippen LogP contribution in [-0.4, -0.2) is 36.0 Å². The standard InChI is InChI=1S/C10H22O4Si/c1-6-12-10(13-7-2)15-14-9(11-5)8(3)4/h10H,6-7,15H2,1-5H3. The van der Waals surface area contributed by atoms with E-state index in [-0.39, 0.29) is 5.91 Å². The SMILES string of the molecule is CCOC(OCC)[SiH2]OC(OC)=C(C)C. The van der Waals surface area contributed by atoms with E-state index in [1.807, 2.05) is 27.7 Å². The van der Waals surface area contributed by atoms with Gasteiger partial charge in [-0.25, -0.2) is 0 Å². The van der Waals surface area contributed by atoms with E-state index in [2.05, 4.69) is 0 Å². The van der Waals surface area contributed by atoms with E-state index in [9.17, 15) is 0 Å². The number of ether oxygens (including phenoxy) is 3. The lowest BCUT2D eigenvalue weighted by molar-refractivity contribution is -0.0905. The van der Waals surface area contributed by atoms with E-state index >= 15 is 0 Å². The summed E-state index contributed by atoms with van der Waals surface area (Å²) in [4.78, 5) is 0. The van der Waals surface area contributed by atoms with Crippen LogP contribution in [0.25, 0.3) is 0 Å². The molecule has 15 heavy (non-hydrogen) atoms. The predicted molar refractivity (Wildman–Crippen MR) is 62.1 cm³/mol. The summed E-state index contributed by atoms with van der Waals surface area (Å²) in [5, 5.41) is 0. The molecule has 0 aliphatic carbocycles. The molecule has 0 saturated heterocycles. The third kappa shape index (κ3) is 6.54. The molecule has 0 heterocycles. The van der Waals surface area contributed by atoms with Crippen molar-refractivity contribution >= 4 is 9.76 Å². The van der Waals surface area contributed by atoms with Crippen molar-refractivity contribution in [3.8, 4) is 0 Å². The quantitative estimate of drug-likeness (QED) is 0.361. The molecule has 0 atom stereocenters. The molecule has 0 bridgehead atoms. The maximum atomic E-state index is 5.57. The van der Waals surface area contributed by atoms with E-state index < -0.39 is 9.76 Å². The van der Waals surface area contributed by atoms with Gasteiger partial charge in [-0.05, 0) is 27.7 Å². The van der Waals surface area contributed by atoms with Crippen LogP contribution in [0.4, 0.5) is 0 Å². The van der Waals surface area contributed by atoms with E-state index in [0.29, 0.717) is 19.2 Å². The highest BCUT2D eigenvalue weighted by molar-refractivity contribution is 6.28. The van der Waals surface area contributed by atoms with Crippen LogP contribution in [0.15, 0.2) is 11.5 Å². The summed E-state index contributed by atoms with van der Waals surface area (Å²) < 4.78 is 21.5. The van der Waals surface area contributed by atoms with Gasteiger partial charge >= 0.3 is 0 Å². The van der Waals surface area contributed by atoms with E-state index in [1.54, 1.807) is 7.11 Å². The Kier molecular flexibility index (Phi) is 8.45. The molecule has 0 aliphatic heterocycles. The molecule has 0 N–H and O–H groups in total. The van der Waals surface area contributed by atoms with E-state index in [0.717, 1.165) is 5.57 Å². The highest BCUT2D eigenvalue weighted by atomic mass is 28.2. The smallest absolute Gasteiger partial charge is 0.282 e. The first-order valence-corrected chi connectivity index (χ1v) is 6.62.